The van der Waals surface area contributed by atoms with Crippen molar-refractivity contribution in [3.8, 4) is 44.7 Å². The van der Waals surface area contributed by atoms with Gasteiger partial charge in [0, 0.05) is 74.4 Å². The number of aromatic nitrogens is 4. The predicted octanol–water partition coefficient (Wildman–Crippen LogP) is 9.96. The summed E-state index contributed by atoms with van der Waals surface area (Å²) in [5.74, 6) is 0.0287. The fourth-order valence-electron chi connectivity index (χ4n) is 9.71. The molecule has 10 rings (SSSR count). The van der Waals surface area contributed by atoms with Crippen LogP contribution >= 0.6 is 34.5 Å². The lowest BCUT2D eigenvalue weighted by Gasteiger charge is -2.35. The fourth-order valence-corrected chi connectivity index (χ4v) is 11.4. The van der Waals surface area contributed by atoms with Crippen LogP contribution in [-0.2, 0) is 32.0 Å². The molecule has 74 heavy (non-hydrogen) atoms. The van der Waals surface area contributed by atoms with E-state index in [1.165, 1.54) is 29.8 Å². The average molecular weight is 1080 g/mol. The van der Waals surface area contributed by atoms with Gasteiger partial charge in [-0.15, -0.1) is 11.3 Å². The number of halogens is 4. The third-order valence-corrected chi connectivity index (χ3v) is 15.9. The highest BCUT2D eigenvalue weighted by Crippen LogP contribution is 2.53. The molecule has 15 nitrogen and oxygen atoms in total. The highest BCUT2D eigenvalue weighted by molar-refractivity contribution is 7.22. The number of fused-ring (bicyclic) bond motifs is 7. The van der Waals surface area contributed by atoms with Crippen LogP contribution in [0.5, 0.6) is 23.1 Å². The molecule has 3 aliphatic heterocycles. The number of methoxy groups -OCH3 is 1. The number of alkyl halides is 1. The molecule has 2 atom stereocenters. The smallest absolute Gasteiger partial charge is 0.345 e. The second-order valence-electron chi connectivity index (χ2n) is 19.1. The number of ether oxygens (including phenoxy) is 7. The maximum atomic E-state index is 15.8. The molecule has 6 aromatic rings. The molecular weight excluding hydrogens is 1020 g/mol. The lowest BCUT2D eigenvalue weighted by molar-refractivity contribution is -0.145. The molecule has 1 saturated carbocycles. The van der Waals surface area contributed by atoms with Crippen molar-refractivity contribution in [2.45, 2.75) is 76.4 Å². The summed E-state index contributed by atoms with van der Waals surface area (Å²) in [6.07, 6.45) is 2.53. The normalized spacial score (nSPS) is 20.7. The number of hydrogen-bond acceptors (Lipinski definition) is 15. The van der Waals surface area contributed by atoms with Gasteiger partial charge in [0.2, 0.25) is 12.0 Å². The maximum Gasteiger partial charge on any atom is 0.345 e. The molecular formula is C54H60Cl2F2N6O9S. The lowest BCUT2D eigenvalue weighted by Crippen LogP contribution is -2.49. The number of nitrogens with zero attached hydrogens (tertiary/aromatic N) is 6. The van der Waals surface area contributed by atoms with E-state index in [0.717, 1.165) is 26.2 Å². The van der Waals surface area contributed by atoms with Crippen LogP contribution < -0.4 is 18.9 Å². The standard InChI is InChI=1S/C54H60Cl2F2N6O9S/c1-32-43-33(2)47(56)48(46(32)55)72-40(27-64-19-17-63(3)18-20-64)29-70-39-9-10-41(71-28-38-13-16-59-50(62-38)35-11-14-54(58,15-12-35)30-69-24-23-68-22-21-67-4)36(25-39)26-42(53(65)66)73-51-45-44(43)49(74-52(45)61-31-60-51)34-5-7-37(57)8-6-34/h5-10,13,16,25,31,35,40,42H,11-12,14-15,17-24,26-30H2,1-4H3,(H,65,66)/t35-,40-,42-,54+/m1/s1. The Morgan fingerprint density at radius 2 is 1.65 bits per heavy atom. The van der Waals surface area contributed by atoms with Gasteiger partial charge < -0.3 is 43.2 Å². The van der Waals surface area contributed by atoms with Crippen LogP contribution in [0.2, 0.25) is 10.0 Å². The topological polar surface area (TPSA) is 160 Å². The molecule has 0 amide bonds. The van der Waals surface area contributed by atoms with E-state index >= 15 is 4.39 Å². The van der Waals surface area contributed by atoms with Crippen molar-refractivity contribution < 1.29 is 51.8 Å². The summed E-state index contributed by atoms with van der Waals surface area (Å²) in [6.45, 7) is 9.40. The Morgan fingerprint density at radius 3 is 2.38 bits per heavy atom. The first-order valence-corrected chi connectivity index (χ1v) is 26.4. The number of piperazine rings is 1. The number of hydrogen-bond donors (Lipinski definition) is 1. The first-order valence-electron chi connectivity index (χ1n) is 24.8. The number of carboxylic acids is 1. The third kappa shape index (κ3) is 12.5. The lowest BCUT2D eigenvalue weighted by atomic mass is 9.80. The third-order valence-electron chi connectivity index (χ3n) is 13.9. The Balaban J connectivity index is 1.03. The Bertz CT molecular complexity index is 2890. The van der Waals surface area contributed by atoms with Crippen LogP contribution in [0.15, 0.2) is 61.1 Å². The van der Waals surface area contributed by atoms with E-state index in [-0.39, 0.29) is 48.1 Å². The van der Waals surface area contributed by atoms with Gasteiger partial charge in [-0.3, -0.25) is 4.90 Å². The predicted molar refractivity (Wildman–Crippen MR) is 279 cm³/mol. The van der Waals surface area contributed by atoms with E-state index in [1.807, 2.05) is 13.8 Å². The molecule has 394 valence electrons. The zero-order valence-corrected chi connectivity index (χ0v) is 44.2. The van der Waals surface area contributed by atoms with Crippen molar-refractivity contribution in [2.24, 2.45) is 0 Å². The van der Waals surface area contributed by atoms with E-state index < -0.39 is 29.7 Å². The minimum absolute atomic E-state index is 0.00103. The van der Waals surface area contributed by atoms with Gasteiger partial charge in [-0.05, 0) is 105 Å². The van der Waals surface area contributed by atoms with Gasteiger partial charge in [-0.2, -0.15) is 0 Å². The second kappa shape index (κ2) is 24.1. The molecule has 0 radical (unpaired) electrons. The summed E-state index contributed by atoms with van der Waals surface area (Å²) in [7, 11) is 3.70. The molecule has 6 heterocycles. The van der Waals surface area contributed by atoms with Crippen molar-refractivity contribution in [3.63, 3.8) is 0 Å². The average Bonchev–Trinajstić information content (AvgIpc) is 3.79. The van der Waals surface area contributed by atoms with Gasteiger partial charge in [-0.25, -0.2) is 33.5 Å². The number of rotatable bonds is 16. The van der Waals surface area contributed by atoms with Crippen molar-refractivity contribution in [1.29, 1.82) is 0 Å². The van der Waals surface area contributed by atoms with Crippen molar-refractivity contribution in [2.75, 3.05) is 86.5 Å². The maximum absolute atomic E-state index is 15.8. The molecule has 3 aromatic carbocycles. The van der Waals surface area contributed by atoms with Crippen LogP contribution in [0.25, 0.3) is 31.8 Å². The van der Waals surface area contributed by atoms with Gasteiger partial charge in [0.25, 0.3) is 0 Å². The highest BCUT2D eigenvalue weighted by Gasteiger charge is 2.37. The summed E-state index contributed by atoms with van der Waals surface area (Å²) < 4.78 is 72.6. The minimum Gasteiger partial charge on any atom is -0.490 e. The Labute approximate surface area is 443 Å². The Kier molecular flexibility index (Phi) is 17.5. The van der Waals surface area contributed by atoms with E-state index in [9.17, 15) is 14.3 Å². The van der Waals surface area contributed by atoms with Crippen LogP contribution in [0.3, 0.4) is 0 Å². The SMILES string of the molecule is COCCOCCOC[C@]1(F)CC[C@@H](c2nccc(COc3ccc4cc3C[C@H](C(=O)O)Oc3ncnc5sc(-c6ccc(F)cc6)c(c35)-c3c(C)c(Cl)c(c(Cl)c3C)O[C@H](CN3CCN(C)CC3)CO4)n2)CC1. The molecule has 0 spiro atoms. The molecule has 4 bridgehead atoms. The molecule has 1 aliphatic carbocycles. The zero-order valence-electron chi connectivity index (χ0n) is 41.8. The van der Waals surface area contributed by atoms with Crippen LogP contribution in [0.1, 0.15) is 59.8 Å². The van der Waals surface area contributed by atoms with Gasteiger partial charge in [0.15, 0.2) is 5.75 Å². The molecule has 4 aliphatic rings. The van der Waals surface area contributed by atoms with Gasteiger partial charge in [0.1, 0.15) is 59.3 Å². The van der Waals surface area contributed by atoms with Crippen LogP contribution in [0, 0.1) is 19.7 Å². The number of benzene rings is 3. The molecule has 1 N–H and O–H groups in total. The minimum atomic E-state index is -1.49. The quantitative estimate of drug-likeness (QED) is 0.0912. The first kappa shape index (κ1) is 53.5. The second-order valence-corrected chi connectivity index (χ2v) is 20.9. The van der Waals surface area contributed by atoms with Crippen LogP contribution in [-0.4, -0.2) is 145 Å². The zero-order chi connectivity index (χ0) is 51.9. The summed E-state index contributed by atoms with van der Waals surface area (Å²) in [5.41, 5.74) is 2.84. The van der Waals surface area contributed by atoms with E-state index in [0.29, 0.717) is 136 Å². The van der Waals surface area contributed by atoms with Gasteiger partial charge in [-0.1, -0.05) is 35.3 Å². The molecule has 2 fully saturated rings. The van der Waals surface area contributed by atoms with Crippen molar-refractivity contribution in [1.82, 2.24) is 29.7 Å². The van der Waals surface area contributed by atoms with E-state index in [2.05, 4.69) is 31.8 Å². The molecule has 3 aromatic heterocycles. The fraction of sp³-hybridized carbons (Fsp3) is 0.463. The number of likely N-dealkylation sites (N-methyl/N-ethyl adjacent to an activating group) is 1. The van der Waals surface area contributed by atoms with Crippen molar-refractivity contribution in [3.05, 3.63) is 105 Å². The Morgan fingerprint density at radius 1 is 0.919 bits per heavy atom. The number of thiophene rings is 1. The summed E-state index contributed by atoms with van der Waals surface area (Å²) in [5, 5.41) is 11.9. The number of carboxylic acid groups (broad SMARTS) is 1. The van der Waals surface area contributed by atoms with E-state index in [1.54, 1.807) is 49.7 Å². The highest BCUT2D eigenvalue weighted by atomic mass is 35.5. The summed E-state index contributed by atoms with van der Waals surface area (Å²) >= 11 is 16.0. The van der Waals surface area contributed by atoms with E-state index in [4.69, 9.17) is 61.3 Å². The van der Waals surface area contributed by atoms with Gasteiger partial charge in [0.05, 0.1) is 54.2 Å². The molecule has 0 unspecified atom stereocenters. The van der Waals surface area contributed by atoms with Gasteiger partial charge >= 0.3 is 5.97 Å². The largest absolute Gasteiger partial charge is 0.490 e. The van der Waals surface area contributed by atoms with Crippen molar-refractivity contribution >= 4 is 50.7 Å². The summed E-state index contributed by atoms with van der Waals surface area (Å²) in [6, 6.07) is 13.1. The van der Waals surface area contributed by atoms with Crippen LogP contribution in [0.4, 0.5) is 8.78 Å². The Hall–Kier alpha value is -5.31. The monoisotopic (exact) mass is 1080 g/mol. The molecule has 1 saturated heterocycles. The number of aliphatic carboxylic acids is 1. The number of carbonyl (C=O) groups is 1. The summed E-state index contributed by atoms with van der Waals surface area (Å²) in [4.78, 5) is 37.8. The molecule has 20 heteroatoms. The first-order chi connectivity index (χ1) is 35.8.